The fourth-order valence-corrected chi connectivity index (χ4v) is 1.76. The Morgan fingerprint density at radius 1 is 1.25 bits per heavy atom. The molecular formula is C10H21NO. The van der Waals surface area contributed by atoms with Crippen molar-refractivity contribution in [1.82, 2.24) is 5.32 Å². The van der Waals surface area contributed by atoms with Crippen LogP contribution in [0.4, 0.5) is 0 Å². The van der Waals surface area contributed by atoms with E-state index in [2.05, 4.69) is 12.2 Å². The first-order valence-electron chi connectivity index (χ1n) is 5.24. The van der Waals surface area contributed by atoms with E-state index in [4.69, 9.17) is 0 Å². The SMILES string of the molecule is CCCCNC1CCC(O)CC1. The zero-order chi connectivity index (χ0) is 8.81. The molecule has 2 heteroatoms. The molecule has 12 heavy (non-hydrogen) atoms. The van der Waals surface area contributed by atoms with Gasteiger partial charge in [0.25, 0.3) is 0 Å². The highest BCUT2D eigenvalue weighted by Crippen LogP contribution is 2.17. The van der Waals surface area contributed by atoms with Crippen molar-refractivity contribution in [3.05, 3.63) is 0 Å². The van der Waals surface area contributed by atoms with Crippen molar-refractivity contribution in [1.29, 1.82) is 0 Å². The minimum atomic E-state index is -0.0192. The lowest BCUT2D eigenvalue weighted by atomic mass is 9.93. The van der Waals surface area contributed by atoms with Crippen LogP contribution in [0.15, 0.2) is 0 Å². The molecule has 0 heterocycles. The van der Waals surface area contributed by atoms with Crippen molar-refractivity contribution in [2.45, 2.75) is 57.6 Å². The largest absolute Gasteiger partial charge is 0.393 e. The lowest BCUT2D eigenvalue weighted by Gasteiger charge is -2.26. The number of unbranched alkanes of at least 4 members (excludes halogenated alkanes) is 1. The molecule has 1 aliphatic carbocycles. The highest BCUT2D eigenvalue weighted by molar-refractivity contribution is 4.76. The molecule has 0 bridgehead atoms. The third-order valence-electron chi connectivity index (χ3n) is 2.66. The van der Waals surface area contributed by atoms with E-state index in [1.807, 2.05) is 0 Å². The van der Waals surface area contributed by atoms with E-state index in [1.165, 1.54) is 12.8 Å². The van der Waals surface area contributed by atoms with Gasteiger partial charge in [0.05, 0.1) is 6.10 Å². The number of rotatable bonds is 4. The predicted octanol–water partition coefficient (Wildman–Crippen LogP) is 1.68. The van der Waals surface area contributed by atoms with Gasteiger partial charge in [0.15, 0.2) is 0 Å². The summed E-state index contributed by atoms with van der Waals surface area (Å²) in [5, 5.41) is 12.8. The predicted molar refractivity (Wildman–Crippen MR) is 51.2 cm³/mol. The van der Waals surface area contributed by atoms with Crippen molar-refractivity contribution < 1.29 is 5.11 Å². The molecule has 2 N–H and O–H groups in total. The third-order valence-corrected chi connectivity index (χ3v) is 2.66. The molecule has 0 aromatic carbocycles. The molecule has 0 radical (unpaired) electrons. The number of aliphatic hydroxyl groups is 1. The second kappa shape index (κ2) is 5.55. The van der Waals surface area contributed by atoms with E-state index in [9.17, 15) is 5.11 Å². The molecule has 1 saturated carbocycles. The normalized spacial score (nSPS) is 30.5. The third kappa shape index (κ3) is 3.55. The van der Waals surface area contributed by atoms with Crippen LogP contribution in [-0.2, 0) is 0 Å². The van der Waals surface area contributed by atoms with Gasteiger partial charge in [-0.15, -0.1) is 0 Å². The van der Waals surface area contributed by atoms with Crippen LogP contribution >= 0.6 is 0 Å². The Hall–Kier alpha value is -0.0800. The van der Waals surface area contributed by atoms with Crippen LogP contribution in [0.3, 0.4) is 0 Å². The molecule has 0 unspecified atom stereocenters. The Balaban J connectivity index is 2.01. The highest BCUT2D eigenvalue weighted by atomic mass is 16.3. The van der Waals surface area contributed by atoms with E-state index in [-0.39, 0.29) is 6.10 Å². The second-order valence-corrected chi connectivity index (χ2v) is 3.81. The number of hydrogen-bond donors (Lipinski definition) is 2. The Labute approximate surface area is 75.4 Å². The van der Waals surface area contributed by atoms with E-state index in [0.717, 1.165) is 32.2 Å². The molecule has 0 aliphatic heterocycles. The Kier molecular flexibility index (Phi) is 4.62. The van der Waals surface area contributed by atoms with Crippen molar-refractivity contribution in [2.24, 2.45) is 0 Å². The maximum atomic E-state index is 9.27. The molecule has 1 aliphatic rings. The summed E-state index contributed by atoms with van der Waals surface area (Å²) in [4.78, 5) is 0. The maximum absolute atomic E-state index is 9.27. The van der Waals surface area contributed by atoms with E-state index in [0.29, 0.717) is 6.04 Å². The smallest absolute Gasteiger partial charge is 0.0541 e. The monoisotopic (exact) mass is 171 g/mol. The van der Waals surface area contributed by atoms with Crippen LogP contribution in [0.1, 0.15) is 45.4 Å². The Morgan fingerprint density at radius 2 is 1.92 bits per heavy atom. The standard InChI is InChI=1S/C10H21NO/c1-2-3-8-11-9-4-6-10(12)7-5-9/h9-12H,2-8H2,1H3. The first-order chi connectivity index (χ1) is 5.83. The van der Waals surface area contributed by atoms with E-state index >= 15 is 0 Å². The minimum Gasteiger partial charge on any atom is -0.393 e. The molecule has 1 rings (SSSR count). The van der Waals surface area contributed by atoms with Gasteiger partial charge in [-0.05, 0) is 38.6 Å². The molecule has 0 spiro atoms. The van der Waals surface area contributed by atoms with Gasteiger partial charge in [0, 0.05) is 6.04 Å². The molecule has 72 valence electrons. The van der Waals surface area contributed by atoms with Crippen LogP contribution in [-0.4, -0.2) is 23.8 Å². The van der Waals surface area contributed by atoms with Gasteiger partial charge in [-0.2, -0.15) is 0 Å². The number of hydrogen-bond acceptors (Lipinski definition) is 2. The maximum Gasteiger partial charge on any atom is 0.0541 e. The van der Waals surface area contributed by atoms with Crippen LogP contribution in [0, 0.1) is 0 Å². The highest BCUT2D eigenvalue weighted by Gasteiger charge is 2.17. The molecule has 2 nitrogen and oxygen atoms in total. The first kappa shape index (κ1) is 10.0. The average molecular weight is 171 g/mol. The topological polar surface area (TPSA) is 32.3 Å². The number of aliphatic hydroxyl groups excluding tert-OH is 1. The molecule has 0 amide bonds. The van der Waals surface area contributed by atoms with Crippen molar-refractivity contribution in [3.63, 3.8) is 0 Å². The van der Waals surface area contributed by atoms with Crippen molar-refractivity contribution in [2.75, 3.05) is 6.54 Å². The lowest BCUT2D eigenvalue weighted by molar-refractivity contribution is 0.117. The lowest BCUT2D eigenvalue weighted by Crippen LogP contribution is -2.35. The summed E-state index contributed by atoms with van der Waals surface area (Å²) in [6.07, 6.45) is 6.82. The van der Waals surface area contributed by atoms with Gasteiger partial charge in [0.2, 0.25) is 0 Å². The van der Waals surface area contributed by atoms with Crippen LogP contribution in [0.25, 0.3) is 0 Å². The summed E-state index contributed by atoms with van der Waals surface area (Å²) in [5.41, 5.74) is 0. The summed E-state index contributed by atoms with van der Waals surface area (Å²) in [6, 6.07) is 0.681. The fourth-order valence-electron chi connectivity index (χ4n) is 1.76. The van der Waals surface area contributed by atoms with Gasteiger partial charge < -0.3 is 10.4 Å². The van der Waals surface area contributed by atoms with Crippen LogP contribution < -0.4 is 5.32 Å². The quantitative estimate of drug-likeness (QED) is 0.631. The summed E-state index contributed by atoms with van der Waals surface area (Å²) >= 11 is 0. The van der Waals surface area contributed by atoms with E-state index in [1.54, 1.807) is 0 Å². The molecule has 1 fully saturated rings. The minimum absolute atomic E-state index is 0.0192. The second-order valence-electron chi connectivity index (χ2n) is 3.81. The number of nitrogens with one attached hydrogen (secondary N) is 1. The molecule has 0 atom stereocenters. The van der Waals surface area contributed by atoms with Gasteiger partial charge in [-0.25, -0.2) is 0 Å². The summed E-state index contributed by atoms with van der Waals surface area (Å²) in [7, 11) is 0. The van der Waals surface area contributed by atoms with Crippen LogP contribution in [0.5, 0.6) is 0 Å². The summed E-state index contributed by atoms with van der Waals surface area (Å²) in [6.45, 7) is 3.36. The molecule has 0 saturated heterocycles. The van der Waals surface area contributed by atoms with Gasteiger partial charge in [-0.3, -0.25) is 0 Å². The van der Waals surface area contributed by atoms with Crippen LogP contribution in [0.2, 0.25) is 0 Å². The Morgan fingerprint density at radius 3 is 2.50 bits per heavy atom. The van der Waals surface area contributed by atoms with E-state index < -0.39 is 0 Å². The fraction of sp³-hybridized carbons (Fsp3) is 1.00. The van der Waals surface area contributed by atoms with Crippen molar-refractivity contribution in [3.8, 4) is 0 Å². The van der Waals surface area contributed by atoms with Crippen molar-refractivity contribution >= 4 is 0 Å². The average Bonchev–Trinajstić information content (AvgIpc) is 2.09. The molecule has 0 aromatic heterocycles. The summed E-state index contributed by atoms with van der Waals surface area (Å²) < 4.78 is 0. The Bertz CT molecular complexity index is 108. The van der Waals surface area contributed by atoms with Gasteiger partial charge >= 0.3 is 0 Å². The van der Waals surface area contributed by atoms with Gasteiger partial charge in [0.1, 0.15) is 0 Å². The van der Waals surface area contributed by atoms with Gasteiger partial charge in [-0.1, -0.05) is 13.3 Å². The summed E-state index contributed by atoms with van der Waals surface area (Å²) in [5.74, 6) is 0. The zero-order valence-corrected chi connectivity index (χ0v) is 8.05. The molecular weight excluding hydrogens is 150 g/mol. The zero-order valence-electron chi connectivity index (χ0n) is 8.05. The molecule has 0 aromatic rings. The first-order valence-corrected chi connectivity index (χ1v) is 5.24.